The number of nitrogens with one attached hydrogen (secondary N) is 1. The van der Waals surface area contributed by atoms with Crippen molar-refractivity contribution in [3.05, 3.63) is 35.8 Å². The monoisotopic (exact) mass is 368 g/mol. The van der Waals surface area contributed by atoms with Crippen LogP contribution >= 0.6 is 0 Å². The van der Waals surface area contributed by atoms with Gasteiger partial charge in [-0.2, -0.15) is 0 Å². The molecule has 1 saturated heterocycles. The maximum absolute atomic E-state index is 12.1. The number of piperazine rings is 1. The lowest BCUT2D eigenvalue weighted by Crippen LogP contribution is -2.47. The van der Waals surface area contributed by atoms with Crippen molar-refractivity contribution in [2.24, 2.45) is 5.41 Å². The highest BCUT2D eigenvalue weighted by Crippen LogP contribution is 2.21. The summed E-state index contributed by atoms with van der Waals surface area (Å²) in [5, 5.41) is 2.86. The van der Waals surface area contributed by atoms with Crippen LogP contribution in [0.1, 0.15) is 32.2 Å². The molecule has 1 aliphatic heterocycles. The van der Waals surface area contributed by atoms with Gasteiger partial charge in [0.05, 0.1) is 11.9 Å². The van der Waals surface area contributed by atoms with Crippen molar-refractivity contribution in [1.82, 2.24) is 15.0 Å². The average Bonchev–Trinajstić information content (AvgIpc) is 2.61. The molecule has 0 unspecified atom stereocenters. The number of nitrogens with zero attached hydrogens (tertiary/aromatic N) is 5. The second-order valence-electron chi connectivity index (χ2n) is 8.03. The first-order valence-electron chi connectivity index (χ1n) is 9.32. The minimum absolute atomic E-state index is 0.0372. The zero-order chi connectivity index (χ0) is 19.6. The molecule has 0 aliphatic carbocycles. The van der Waals surface area contributed by atoms with Crippen LogP contribution in [-0.4, -0.2) is 47.0 Å². The number of pyridine rings is 1. The van der Waals surface area contributed by atoms with Crippen molar-refractivity contribution in [3.8, 4) is 0 Å². The van der Waals surface area contributed by atoms with Crippen LogP contribution in [-0.2, 0) is 4.79 Å². The van der Waals surface area contributed by atoms with Gasteiger partial charge in [0.15, 0.2) is 0 Å². The summed E-state index contributed by atoms with van der Waals surface area (Å²) in [6.45, 7) is 13.1. The second kappa shape index (κ2) is 7.50. The van der Waals surface area contributed by atoms with Gasteiger partial charge >= 0.3 is 0 Å². The molecule has 0 spiro atoms. The van der Waals surface area contributed by atoms with E-state index in [4.69, 9.17) is 0 Å². The smallest absolute Gasteiger partial charge is 0.230 e. The van der Waals surface area contributed by atoms with Gasteiger partial charge in [0.2, 0.25) is 11.9 Å². The maximum Gasteiger partial charge on any atom is 0.230 e. The van der Waals surface area contributed by atoms with Gasteiger partial charge in [-0.3, -0.25) is 4.79 Å². The summed E-state index contributed by atoms with van der Waals surface area (Å²) in [4.78, 5) is 30.1. The van der Waals surface area contributed by atoms with Crippen molar-refractivity contribution in [1.29, 1.82) is 0 Å². The number of rotatable bonds is 3. The van der Waals surface area contributed by atoms with E-state index < -0.39 is 5.41 Å². The lowest BCUT2D eigenvalue weighted by molar-refractivity contribution is -0.123. The van der Waals surface area contributed by atoms with Gasteiger partial charge < -0.3 is 15.1 Å². The largest absolute Gasteiger partial charge is 0.367 e. The molecule has 27 heavy (non-hydrogen) atoms. The Morgan fingerprint density at radius 3 is 2.11 bits per heavy atom. The summed E-state index contributed by atoms with van der Waals surface area (Å²) in [5.74, 6) is 1.36. The molecular formula is C20H28N6O. The van der Waals surface area contributed by atoms with Crippen LogP contribution in [0.15, 0.2) is 24.4 Å². The van der Waals surface area contributed by atoms with Gasteiger partial charge in [0.25, 0.3) is 0 Å². The number of carbonyl (C=O) groups excluding carboxylic acids is 1. The molecule has 0 atom stereocenters. The quantitative estimate of drug-likeness (QED) is 0.898. The fourth-order valence-corrected chi connectivity index (χ4v) is 2.96. The molecule has 7 heteroatoms. The number of aromatic nitrogens is 3. The van der Waals surface area contributed by atoms with E-state index in [1.165, 1.54) is 0 Å². The summed E-state index contributed by atoms with van der Waals surface area (Å²) >= 11 is 0. The van der Waals surface area contributed by atoms with E-state index >= 15 is 0 Å². The molecule has 0 aromatic carbocycles. The molecule has 3 rings (SSSR count). The van der Waals surface area contributed by atoms with Crippen molar-refractivity contribution in [2.45, 2.75) is 34.6 Å². The summed E-state index contributed by atoms with van der Waals surface area (Å²) in [6, 6.07) is 5.86. The molecule has 144 valence electrons. The number of hydrogen-bond donors (Lipinski definition) is 1. The SMILES string of the molecule is Cc1cc(C)nc(N2CCN(c3ccc(NC(=O)C(C)(C)C)nc3)CC2)n1. The van der Waals surface area contributed by atoms with Gasteiger partial charge in [-0.25, -0.2) is 15.0 Å². The van der Waals surface area contributed by atoms with Crippen LogP contribution in [0.3, 0.4) is 0 Å². The number of aryl methyl sites for hydroxylation is 2. The molecule has 7 nitrogen and oxygen atoms in total. The lowest BCUT2D eigenvalue weighted by Gasteiger charge is -2.36. The Labute approximate surface area is 160 Å². The summed E-state index contributed by atoms with van der Waals surface area (Å²) in [6.07, 6.45) is 1.82. The molecule has 1 N–H and O–H groups in total. The van der Waals surface area contributed by atoms with Gasteiger partial charge in [0, 0.05) is 43.0 Å². The summed E-state index contributed by atoms with van der Waals surface area (Å²) < 4.78 is 0. The first kappa shape index (κ1) is 19.1. The normalized spacial score (nSPS) is 15.0. The molecule has 1 fully saturated rings. The van der Waals surface area contributed by atoms with Crippen LogP contribution in [0.5, 0.6) is 0 Å². The third-order valence-corrected chi connectivity index (χ3v) is 4.57. The number of hydrogen-bond acceptors (Lipinski definition) is 6. The van der Waals surface area contributed by atoms with E-state index in [-0.39, 0.29) is 5.91 Å². The molecule has 2 aromatic heterocycles. The van der Waals surface area contributed by atoms with Gasteiger partial charge in [-0.15, -0.1) is 0 Å². The molecule has 1 aliphatic rings. The second-order valence-corrected chi connectivity index (χ2v) is 8.03. The van der Waals surface area contributed by atoms with Crippen LogP contribution in [0.2, 0.25) is 0 Å². The van der Waals surface area contributed by atoms with E-state index in [2.05, 4.69) is 30.1 Å². The average molecular weight is 368 g/mol. The van der Waals surface area contributed by atoms with E-state index in [0.717, 1.165) is 49.2 Å². The van der Waals surface area contributed by atoms with E-state index in [9.17, 15) is 4.79 Å². The Balaban J connectivity index is 1.60. The highest BCUT2D eigenvalue weighted by molar-refractivity contribution is 5.93. The lowest BCUT2D eigenvalue weighted by atomic mass is 9.96. The maximum atomic E-state index is 12.1. The predicted molar refractivity (Wildman–Crippen MR) is 108 cm³/mol. The topological polar surface area (TPSA) is 74.2 Å². The minimum Gasteiger partial charge on any atom is -0.367 e. The van der Waals surface area contributed by atoms with E-state index in [0.29, 0.717) is 5.82 Å². The van der Waals surface area contributed by atoms with E-state index in [1.807, 2.05) is 59.0 Å². The van der Waals surface area contributed by atoms with Gasteiger partial charge in [-0.1, -0.05) is 20.8 Å². The highest BCUT2D eigenvalue weighted by Gasteiger charge is 2.22. The zero-order valence-electron chi connectivity index (χ0n) is 16.8. The van der Waals surface area contributed by atoms with Gasteiger partial charge in [0.1, 0.15) is 5.82 Å². The molecule has 0 saturated carbocycles. The number of amides is 1. The first-order valence-corrected chi connectivity index (χ1v) is 9.32. The third kappa shape index (κ3) is 4.72. The van der Waals surface area contributed by atoms with Crippen LogP contribution in [0, 0.1) is 19.3 Å². The number of anilines is 3. The summed E-state index contributed by atoms with van der Waals surface area (Å²) in [5.41, 5.74) is 2.62. The predicted octanol–water partition coefficient (Wildman–Crippen LogP) is 2.80. The minimum atomic E-state index is -0.438. The molecular weight excluding hydrogens is 340 g/mol. The van der Waals surface area contributed by atoms with E-state index in [1.54, 1.807) is 0 Å². The molecule has 3 heterocycles. The fourth-order valence-electron chi connectivity index (χ4n) is 2.96. The Kier molecular flexibility index (Phi) is 5.30. The third-order valence-electron chi connectivity index (χ3n) is 4.57. The Bertz CT molecular complexity index is 784. The van der Waals surface area contributed by atoms with Crippen LogP contribution < -0.4 is 15.1 Å². The van der Waals surface area contributed by atoms with Gasteiger partial charge in [-0.05, 0) is 32.0 Å². The van der Waals surface area contributed by atoms with Crippen LogP contribution in [0.4, 0.5) is 17.5 Å². The molecule has 2 aromatic rings. The summed E-state index contributed by atoms with van der Waals surface area (Å²) in [7, 11) is 0. The Hall–Kier alpha value is -2.70. The zero-order valence-corrected chi connectivity index (χ0v) is 16.8. The van der Waals surface area contributed by atoms with Crippen molar-refractivity contribution in [3.63, 3.8) is 0 Å². The van der Waals surface area contributed by atoms with Crippen LogP contribution in [0.25, 0.3) is 0 Å². The van der Waals surface area contributed by atoms with Crippen molar-refractivity contribution < 1.29 is 4.79 Å². The molecule has 0 bridgehead atoms. The Morgan fingerprint density at radius 1 is 1.00 bits per heavy atom. The molecule has 1 amide bonds. The fraction of sp³-hybridized carbons (Fsp3) is 0.500. The molecule has 0 radical (unpaired) electrons. The Morgan fingerprint density at radius 2 is 1.59 bits per heavy atom. The highest BCUT2D eigenvalue weighted by atomic mass is 16.2. The standard InChI is InChI=1S/C20H28N6O/c1-14-12-15(2)23-19(22-14)26-10-8-25(9-11-26)16-6-7-17(21-13-16)24-18(27)20(3,4)5/h6-7,12-13H,8-11H2,1-5H3,(H,21,24,27). The van der Waals surface area contributed by atoms with Crippen molar-refractivity contribution in [2.75, 3.05) is 41.3 Å². The first-order chi connectivity index (χ1) is 12.7. The van der Waals surface area contributed by atoms with Crippen molar-refractivity contribution >= 4 is 23.4 Å². The number of carbonyl (C=O) groups is 1.